The Balaban J connectivity index is 1.83. The summed E-state index contributed by atoms with van der Waals surface area (Å²) >= 11 is 1.75. The molecule has 0 aromatic carbocycles. The molecule has 0 aromatic heterocycles. The van der Waals surface area contributed by atoms with Crippen molar-refractivity contribution in [2.45, 2.75) is 25.1 Å². The highest BCUT2D eigenvalue weighted by Crippen LogP contribution is 2.17. The Bertz CT molecular complexity index is 298. The highest BCUT2D eigenvalue weighted by atomic mass is 32.2. The number of carbonyl (C=O) groups excluding carboxylic acids is 1. The minimum Gasteiger partial charge on any atom is -0.339 e. The summed E-state index contributed by atoms with van der Waals surface area (Å²) in [4.78, 5) is 19.1. The van der Waals surface area contributed by atoms with Gasteiger partial charge in [0.15, 0.2) is 0 Å². The van der Waals surface area contributed by atoms with Crippen LogP contribution in [0.3, 0.4) is 0 Å². The average molecular weight is 271 g/mol. The maximum atomic E-state index is 12.1. The lowest BCUT2D eigenvalue weighted by Crippen LogP contribution is -2.62. The summed E-state index contributed by atoms with van der Waals surface area (Å²) in [6.45, 7) is 10.6. The maximum Gasteiger partial charge on any atom is 0.232 e. The van der Waals surface area contributed by atoms with E-state index in [0.29, 0.717) is 23.0 Å². The molecule has 4 nitrogen and oxygen atoms in total. The molecule has 2 aliphatic heterocycles. The van der Waals surface area contributed by atoms with Crippen LogP contribution in [0.25, 0.3) is 0 Å². The summed E-state index contributed by atoms with van der Waals surface area (Å²) in [6, 6.07) is 0.547. The highest BCUT2D eigenvalue weighted by molar-refractivity contribution is 8.00. The Morgan fingerprint density at radius 1 is 1.22 bits per heavy atom. The third-order valence-corrected chi connectivity index (χ3v) is 4.87. The molecule has 2 heterocycles. The van der Waals surface area contributed by atoms with Crippen molar-refractivity contribution in [3.63, 3.8) is 0 Å². The van der Waals surface area contributed by atoms with Gasteiger partial charge < -0.3 is 9.80 Å². The summed E-state index contributed by atoms with van der Waals surface area (Å²) in [5.41, 5.74) is 0. The van der Waals surface area contributed by atoms with Crippen molar-refractivity contribution in [1.82, 2.24) is 14.7 Å². The molecule has 18 heavy (non-hydrogen) atoms. The van der Waals surface area contributed by atoms with Gasteiger partial charge in [-0.1, -0.05) is 13.8 Å². The van der Waals surface area contributed by atoms with E-state index >= 15 is 0 Å². The fraction of sp³-hybridized carbons (Fsp3) is 0.923. The predicted molar refractivity (Wildman–Crippen MR) is 77.0 cm³/mol. The molecule has 0 spiro atoms. The van der Waals surface area contributed by atoms with Crippen molar-refractivity contribution in [3.8, 4) is 0 Å². The third kappa shape index (κ3) is 3.62. The largest absolute Gasteiger partial charge is 0.339 e. The van der Waals surface area contributed by atoms with Gasteiger partial charge in [0.25, 0.3) is 0 Å². The summed E-state index contributed by atoms with van der Waals surface area (Å²) in [5, 5.41) is 0.538. The second-order valence-corrected chi connectivity index (χ2v) is 7.22. The molecular formula is C13H25N3OS. The van der Waals surface area contributed by atoms with Crippen LogP contribution >= 0.6 is 11.8 Å². The molecule has 0 aromatic rings. The second-order valence-electron chi connectivity index (χ2n) is 5.65. The normalized spacial score (nSPS) is 26.4. The molecule has 1 amide bonds. The molecule has 0 N–H and O–H groups in total. The lowest BCUT2D eigenvalue weighted by Gasteiger charge is -2.46. The van der Waals surface area contributed by atoms with Gasteiger partial charge in [-0.05, 0) is 12.3 Å². The van der Waals surface area contributed by atoms with Crippen LogP contribution in [0.1, 0.15) is 13.8 Å². The molecule has 1 unspecified atom stereocenters. The number of likely N-dealkylation sites (N-methyl/N-ethyl adjacent to an activating group) is 1. The van der Waals surface area contributed by atoms with E-state index in [4.69, 9.17) is 0 Å². The minimum absolute atomic E-state index is 0.321. The van der Waals surface area contributed by atoms with Gasteiger partial charge in [-0.2, -0.15) is 0 Å². The monoisotopic (exact) mass is 271 g/mol. The molecule has 0 radical (unpaired) electrons. The Kier molecular flexibility index (Phi) is 4.92. The van der Waals surface area contributed by atoms with Gasteiger partial charge in [-0.25, -0.2) is 0 Å². The van der Waals surface area contributed by atoms with Crippen molar-refractivity contribution >= 4 is 17.7 Å². The van der Waals surface area contributed by atoms with Gasteiger partial charge in [-0.3, -0.25) is 9.69 Å². The predicted octanol–water partition coefficient (Wildman–Crippen LogP) is 0.586. The first-order chi connectivity index (χ1) is 8.56. The van der Waals surface area contributed by atoms with E-state index in [1.807, 2.05) is 0 Å². The Hall–Kier alpha value is -0.260. The first-order valence-electron chi connectivity index (χ1n) is 6.88. The van der Waals surface area contributed by atoms with E-state index in [1.165, 1.54) is 0 Å². The van der Waals surface area contributed by atoms with Gasteiger partial charge in [0, 0.05) is 45.3 Å². The Morgan fingerprint density at radius 3 is 2.67 bits per heavy atom. The van der Waals surface area contributed by atoms with Gasteiger partial charge in [-0.15, -0.1) is 11.8 Å². The van der Waals surface area contributed by atoms with E-state index < -0.39 is 0 Å². The number of piperazine rings is 2. The van der Waals surface area contributed by atoms with Gasteiger partial charge in [0.1, 0.15) is 0 Å². The highest BCUT2D eigenvalue weighted by Gasteiger charge is 2.32. The summed E-state index contributed by atoms with van der Waals surface area (Å²) < 4.78 is 0. The number of hydrogen-bond acceptors (Lipinski definition) is 4. The first-order valence-corrected chi connectivity index (χ1v) is 7.93. The van der Waals surface area contributed by atoms with E-state index in [1.54, 1.807) is 11.8 Å². The van der Waals surface area contributed by atoms with Crippen LogP contribution in [-0.2, 0) is 4.79 Å². The molecule has 5 heteroatoms. The molecular weight excluding hydrogens is 246 g/mol. The molecule has 104 valence electrons. The van der Waals surface area contributed by atoms with Crippen molar-refractivity contribution < 1.29 is 4.79 Å². The van der Waals surface area contributed by atoms with Crippen LogP contribution in [0.5, 0.6) is 0 Å². The van der Waals surface area contributed by atoms with E-state index in [2.05, 4.69) is 35.6 Å². The number of hydrogen-bond donors (Lipinski definition) is 0. The SMILES string of the molecule is CC(C)SCC(=O)N1CCN2CCN(C)CC2C1. The number of nitrogens with zero attached hydrogens (tertiary/aromatic N) is 3. The topological polar surface area (TPSA) is 26.8 Å². The number of amides is 1. The van der Waals surface area contributed by atoms with Crippen molar-refractivity contribution in [1.29, 1.82) is 0 Å². The van der Waals surface area contributed by atoms with Gasteiger partial charge in [0.2, 0.25) is 5.91 Å². The average Bonchev–Trinajstić information content (AvgIpc) is 2.34. The Morgan fingerprint density at radius 2 is 1.94 bits per heavy atom. The molecule has 0 saturated carbocycles. The summed E-state index contributed by atoms with van der Waals surface area (Å²) in [6.07, 6.45) is 0. The van der Waals surface area contributed by atoms with Crippen molar-refractivity contribution in [2.75, 3.05) is 52.1 Å². The van der Waals surface area contributed by atoms with Crippen LogP contribution < -0.4 is 0 Å². The second kappa shape index (κ2) is 6.26. The molecule has 2 fully saturated rings. The summed E-state index contributed by atoms with van der Waals surface area (Å²) in [7, 11) is 2.17. The van der Waals surface area contributed by atoms with E-state index in [-0.39, 0.29) is 0 Å². The first kappa shape index (κ1) is 14.2. The lowest BCUT2D eigenvalue weighted by atomic mass is 10.1. The molecule has 0 aliphatic carbocycles. The van der Waals surface area contributed by atoms with Crippen LogP contribution in [0.15, 0.2) is 0 Å². The molecule has 2 aliphatic rings. The van der Waals surface area contributed by atoms with Crippen molar-refractivity contribution in [2.24, 2.45) is 0 Å². The van der Waals surface area contributed by atoms with E-state index in [9.17, 15) is 4.79 Å². The van der Waals surface area contributed by atoms with Crippen molar-refractivity contribution in [3.05, 3.63) is 0 Å². The zero-order valence-corrected chi connectivity index (χ0v) is 12.6. The molecule has 1 atom stereocenters. The molecule has 2 saturated heterocycles. The quantitative estimate of drug-likeness (QED) is 0.750. The number of fused-ring (bicyclic) bond motifs is 1. The zero-order chi connectivity index (χ0) is 13.1. The number of thioether (sulfide) groups is 1. The van der Waals surface area contributed by atoms with Gasteiger partial charge >= 0.3 is 0 Å². The third-order valence-electron chi connectivity index (χ3n) is 3.79. The standard InChI is InChI=1S/C13H25N3OS/c1-11(2)18-10-13(17)16-7-6-15-5-4-14(3)8-12(15)9-16/h11-12H,4-10H2,1-3H3. The lowest BCUT2D eigenvalue weighted by molar-refractivity contribution is -0.132. The van der Waals surface area contributed by atoms with Crippen LogP contribution in [0.2, 0.25) is 0 Å². The minimum atomic E-state index is 0.321. The maximum absolute atomic E-state index is 12.1. The Labute approximate surface area is 115 Å². The van der Waals surface area contributed by atoms with Crippen LogP contribution in [0.4, 0.5) is 0 Å². The fourth-order valence-corrected chi connectivity index (χ4v) is 3.32. The fourth-order valence-electron chi connectivity index (χ4n) is 2.67. The number of carbonyl (C=O) groups is 1. The van der Waals surface area contributed by atoms with Gasteiger partial charge in [0.05, 0.1) is 5.75 Å². The smallest absolute Gasteiger partial charge is 0.232 e. The zero-order valence-electron chi connectivity index (χ0n) is 11.8. The van der Waals surface area contributed by atoms with Crippen LogP contribution in [-0.4, -0.2) is 84.0 Å². The molecule has 2 rings (SSSR count). The molecule has 0 bridgehead atoms. The van der Waals surface area contributed by atoms with Crippen LogP contribution in [0, 0.1) is 0 Å². The van der Waals surface area contributed by atoms with E-state index in [0.717, 1.165) is 39.3 Å². The summed E-state index contributed by atoms with van der Waals surface area (Å²) in [5.74, 6) is 0.960. The number of rotatable bonds is 3.